The van der Waals surface area contributed by atoms with Gasteiger partial charge in [-0.2, -0.15) is 0 Å². The molecule has 0 atom stereocenters. The lowest BCUT2D eigenvalue weighted by molar-refractivity contribution is -0.136. The Kier molecular flexibility index (Phi) is 6.27. The third-order valence-electron chi connectivity index (χ3n) is 7.98. The minimum atomic E-state index is -0.807. The highest BCUT2D eigenvalue weighted by molar-refractivity contribution is 5.72. The fourth-order valence-electron chi connectivity index (χ4n) is 5.45. The number of nitrogens with one attached hydrogen (secondary N) is 4. The SMILES string of the molecule is C=Cc1c2[nH]c(c1C)C=c1[nH]c(c(CCC(=O)O)c1C)=Cc1[nH]c(c(C)c1C)C=c1[nH]c(c(C)c1C=C)=C2. The summed E-state index contributed by atoms with van der Waals surface area (Å²) < 4.78 is 0. The van der Waals surface area contributed by atoms with Gasteiger partial charge in [0.1, 0.15) is 0 Å². The summed E-state index contributed by atoms with van der Waals surface area (Å²) in [6.07, 6.45) is 12.8. The van der Waals surface area contributed by atoms with E-state index in [0.717, 1.165) is 88.7 Å². The monoisotopic (exact) mass is 506 g/mol. The molecule has 0 saturated carbocycles. The van der Waals surface area contributed by atoms with Gasteiger partial charge in [0.25, 0.3) is 0 Å². The number of rotatable bonds is 5. The summed E-state index contributed by atoms with van der Waals surface area (Å²) in [5, 5.41) is 13.3. The van der Waals surface area contributed by atoms with Crippen LogP contribution in [-0.4, -0.2) is 31.0 Å². The Balaban J connectivity index is 1.93. The molecule has 0 aliphatic carbocycles. The quantitative estimate of drug-likeness (QED) is 0.252. The maximum atomic E-state index is 11.4. The summed E-state index contributed by atoms with van der Waals surface area (Å²) in [5.41, 5.74) is 12.7. The fourth-order valence-corrected chi connectivity index (χ4v) is 5.45. The summed E-state index contributed by atoms with van der Waals surface area (Å²) in [6.45, 7) is 18.6. The molecule has 0 aromatic carbocycles. The molecule has 1 aliphatic rings. The van der Waals surface area contributed by atoms with Crippen molar-refractivity contribution in [2.45, 2.75) is 47.5 Å². The van der Waals surface area contributed by atoms with E-state index in [4.69, 9.17) is 0 Å². The summed E-state index contributed by atoms with van der Waals surface area (Å²) in [6, 6.07) is 0. The first-order chi connectivity index (χ1) is 18.1. The largest absolute Gasteiger partial charge is 0.481 e. The van der Waals surface area contributed by atoms with Gasteiger partial charge >= 0.3 is 5.97 Å². The van der Waals surface area contributed by atoms with Gasteiger partial charge in [-0.1, -0.05) is 25.3 Å². The number of hydrogen-bond acceptors (Lipinski definition) is 1. The van der Waals surface area contributed by atoms with E-state index >= 15 is 0 Å². The lowest BCUT2D eigenvalue weighted by Gasteiger charge is -1.98. The first kappa shape index (κ1) is 25.2. The fraction of sp³-hybridized carbons (Fsp3) is 0.219. The number of carboxylic acid groups (broad SMARTS) is 1. The van der Waals surface area contributed by atoms with Crippen molar-refractivity contribution < 1.29 is 9.90 Å². The van der Waals surface area contributed by atoms with Crippen molar-refractivity contribution >= 4 is 42.4 Å². The maximum Gasteiger partial charge on any atom is 0.303 e. The predicted octanol–water partition coefficient (Wildman–Crippen LogP) is 3.47. The van der Waals surface area contributed by atoms with Crippen LogP contribution in [0.2, 0.25) is 0 Å². The topological polar surface area (TPSA) is 100 Å². The standard InChI is InChI=1S/C32H34N4O2/c1-8-21-18(5)26-12-27-20(7)23(10-11-32(37)38)31(36-27)14-25-17(4)16(3)24(33-25)13-29-22(9-2)19(6)28(35-29)15-30(21)34-26/h8-9,12-15,33-36H,1-2,10-11H2,3-7H3,(H,37,38). The number of carboxylic acids is 1. The van der Waals surface area contributed by atoms with Gasteiger partial charge in [-0.05, 0) is 98.7 Å². The summed E-state index contributed by atoms with van der Waals surface area (Å²) >= 11 is 0. The molecule has 0 unspecified atom stereocenters. The number of aromatic nitrogens is 4. The molecule has 38 heavy (non-hydrogen) atoms. The van der Waals surface area contributed by atoms with Gasteiger partial charge in [-0.3, -0.25) is 4.79 Å². The zero-order valence-corrected chi connectivity index (χ0v) is 22.6. The van der Waals surface area contributed by atoms with Crippen LogP contribution in [0.15, 0.2) is 13.2 Å². The summed E-state index contributed by atoms with van der Waals surface area (Å²) in [7, 11) is 0. The van der Waals surface area contributed by atoms with Crippen LogP contribution < -0.4 is 21.4 Å². The number of fused-ring (bicyclic) bond motifs is 8. The van der Waals surface area contributed by atoms with Crippen LogP contribution in [0.4, 0.5) is 0 Å². The van der Waals surface area contributed by atoms with Crippen molar-refractivity contribution in [3.63, 3.8) is 0 Å². The van der Waals surface area contributed by atoms with E-state index in [1.165, 1.54) is 0 Å². The number of aromatic amines is 4. The van der Waals surface area contributed by atoms with Gasteiger partial charge in [0.15, 0.2) is 0 Å². The van der Waals surface area contributed by atoms with Gasteiger partial charge < -0.3 is 25.0 Å². The molecule has 8 bridgehead atoms. The number of H-pyrrole nitrogens is 4. The van der Waals surface area contributed by atoms with E-state index in [1.54, 1.807) is 0 Å². The Morgan fingerprint density at radius 2 is 1.16 bits per heavy atom. The molecule has 0 radical (unpaired) electrons. The molecule has 0 fully saturated rings. The average molecular weight is 507 g/mol. The Morgan fingerprint density at radius 1 is 0.658 bits per heavy atom. The van der Waals surface area contributed by atoms with Gasteiger partial charge in [0.2, 0.25) is 0 Å². The highest BCUT2D eigenvalue weighted by Crippen LogP contribution is 2.22. The van der Waals surface area contributed by atoms with E-state index in [9.17, 15) is 9.90 Å². The van der Waals surface area contributed by atoms with Crippen LogP contribution in [0.3, 0.4) is 0 Å². The van der Waals surface area contributed by atoms with Crippen molar-refractivity contribution in [1.82, 2.24) is 19.9 Å². The molecule has 0 spiro atoms. The minimum Gasteiger partial charge on any atom is -0.481 e. The molecule has 6 nitrogen and oxygen atoms in total. The van der Waals surface area contributed by atoms with E-state index in [0.29, 0.717) is 6.42 Å². The second-order valence-corrected chi connectivity index (χ2v) is 10.1. The molecule has 0 saturated heterocycles. The molecule has 1 aliphatic heterocycles. The van der Waals surface area contributed by atoms with Crippen LogP contribution in [-0.2, 0) is 11.2 Å². The van der Waals surface area contributed by atoms with Crippen LogP contribution in [0.5, 0.6) is 0 Å². The molecule has 5 heterocycles. The first-order valence-corrected chi connectivity index (χ1v) is 12.8. The number of aliphatic carboxylic acids is 1. The van der Waals surface area contributed by atoms with Gasteiger partial charge in [-0.25, -0.2) is 0 Å². The van der Waals surface area contributed by atoms with E-state index in [-0.39, 0.29) is 6.42 Å². The number of carbonyl (C=O) groups is 1. The zero-order chi connectivity index (χ0) is 27.3. The van der Waals surface area contributed by atoms with Crippen LogP contribution in [0.1, 0.15) is 73.7 Å². The highest BCUT2D eigenvalue weighted by Gasteiger charge is 2.15. The third-order valence-corrected chi connectivity index (χ3v) is 7.98. The minimum absolute atomic E-state index is 0.0700. The Bertz CT molecular complexity index is 1880. The van der Waals surface area contributed by atoms with Crippen molar-refractivity contribution in [2.24, 2.45) is 0 Å². The van der Waals surface area contributed by atoms with Crippen molar-refractivity contribution in [3.05, 3.63) is 102 Å². The average Bonchev–Trinajstić information content (AvgIpc) is 3.52. The molecule has 6 heteroatoms. The normalized spacial score (nSPS) is 12.2. The predicted molar refractivity (Wildman–Crippen MR) is 156 cm³/mol. The lowest BCUT2D eigenvalue weighted by Crippen LogP contribution is -2.13. The van der Waals surface area contributed by atoms with Crippen LogP contribution >= 0.6 is 0 Å². The molecule has 5 N–H and O–H groups in total. The van der Waals surface area contributed by atoms with E-state index in [2.05, 4.69) is 92.0 Å². The van der Waals surface area contributed by atoms with Crippen LogP contribution in [0, 0.1) is 34.6 Å². The second kappa shape index (κ2) is 9.45. The first-order valence-electron chi connectivity index (χ1n) is 12.8. The van der Waals surface area contributed by atoms with Gasteiger partial charge in [0.05, 0.1) is 0 Å². The number of hydrogen-bond donors (Lipinski definition) is 5. The second-order valence-electron chi connectivity index (χ2n) is 10.1. The van der Waals surface area contributed by atoms with Gasteiger partial charge in [-0.15, -0.1) is 0 Å². The highest BCUT2D eigenvalue weighted by atomic mass is 16.4. The molecule has 194 valence electrons. The Hall–Kier alpha value is -4.45. The molecular weight excluding hydrogens is 472 g/mol. The smallest absolute Gasteiger partial charge is 0.303 e. The molecule has 4 aromatic heterocycles. The van der Waals surface area contributed by atoms with Crippen molar-refractivity contribution in [1.29, 1.82) is 0 Å². The molecule has 4 aromatic rings. The Morgan fingerprint density at radius 3 is 1.79 bits per heavy atom. The summed E-state index contributed by atoms with van der Waals surface area (Å²) in [4.78, 5) is 25.8. The van der Waals surface area contributed by atoms with Gasteiger partial charge in [0, 0.05) is 61.7 Å². The molecule has 5 rings (SSSR count). The molecular formula is C32H34N4O2. The van der Waals surface area contributed by atoms with Crippen molar-refractivity contribution in [3.8, 4) is 0 Å². The third kappa shape index (κ3) is 4.12. The van der Waals surface area contributed by atoms with E-state index < -0.39 is 5.97 Å². The van der Waals surface area contributed by atoms with Crippen molar-refractivity contribution in [2.75, 3.05) is 0 Å². The Labute approximate surface area is 221 Å². The molecule has 0 amide bonds. The lowest BCUT2D eigenvalue weighted by atomic mass is 10.1. The van der Waals surface area contributed by atoms with Crippen LogP contribution in [0.25, 0.3) is 36.5 Å². The summed E-state index contributed by atoms with van der Waals surface area (Å²) in [5.74, 6) is -0.807. The zero-order valence-electron chi connectivity index (χ0n) is 22.6. The maximum absolute atomic E-state index is 11.4. The van der Waals surface area contributed by atoms with E-state index in [1.807, 2.05) is 12.2 Å².